The van der Waals surface area contributed by atoms with E-state index < -0.39 is 5.91 Å². The molecule has 6 heteroatoms. The van der Waals surface area contributed by atoms with E-state index in [9.17, 15) is 4.79 Å². The number of anilines is 1. The second-order valence-corrected chi connectivity index (χ2v) is 5.60. The number of morpholine rings is 1. The Bertz CT molecular complexity index is 490. The molecule has 0 saturated carbocycles. The van der Waals surface area contributed by atoms with Crippen molar-refractivity contribution in [3.8, 4) is 0 Å². The van der Waals surface area contributed by atoms with Gasteiger partial charge in [-0.2, -0.15) is 0 Å². The molecule has 0 aromatic carbocycles. The Morgan fingerprint density at radius 1 is 1.65 bits per heavy atom. The molecule has 1 atom stereocenters. The van der Waals surface area contributed by atoms with Crippen LogP contribution in [0.25, 0.3) is 0 Å². The summed E-state index contributed by atoms with van der Waals surface area (Å²) in [5.41, 5.74) is 6.19. The predicted octanol–water partition coefficient (Wildman–Crippen LogP) is 0.811. The van der Waals surface area contributed by atoms with Crippen LogP contribution in [-0.2, 0) is 9.47 Å². The van der Waals surface area contributed by atoms with E-state index in [0.717, 1.165) is 12.2 Å². The number of primary amides is 1. The van der Waals surface area contributed by atoms with Crippen LogP contribution in [0.3, 0.4) is 0 Å². The average Bonchev–Trinajstić information content (AvgIpc) is 2.37. The van der Waals surface area contributed by atoms with Gasteiger partial charge in [0, 0.05) is 32.1 Å². The summed E-state index contributed by atoms with van der Waals surface area (Å²) in [6.45, 7) is 6.05. The molecule has 1 aliphatic heterocycles. The number of carbonyl (C=O) groups excluding carboxylic acids is 1. The Labute approximate surface area is 118 Å². The van der Waals surface area contributed by atoms with E-state index in [1.807, 2.05) is 19.9 Å². The molecule has 1 amide bonds. The lowest BCUT2D eigenvalue weighted by molar-refractivity contribution is -0.106. The van der Waals surface area contributed by atoms with E-state index in [1.165, 1.54) is 0 Å². The molecule has 1 aliphatic rings. The van der Waals surface area contributed by atoms with E-state index in [-0.39, 0.29) is 17.4 Å². The lowest BCUT2D eigenvalue weighted by atomic mass is 10.0. The number of nitrogens with zero attached hydrogens (tertiary/aromatic N) is 2. The Kier molecular flexibility index (Phi) is 4.25. The molecule has 0 spiro atoms. The van der Waals surface area contributed by atoms with Crippen LogP contribution in [0, 0.1) is 0 Å². The third kappa shape index (κ3) is 3.46. The molecule has 6 nitrogen and oxygen atoms in total. The van der Waals surface area contributed by atoms with Crippen molar-refractivity contribution in [2.24, 2.45) is 5.73 Å². The molecule has 1 saturated heterocycles. The number of hydrogen-bond acceptors (Lipinski definition) is 5. The number of aromatic nitrogens is 1. The summed E-state index contributed by atoms with van der Waals surface area (Å²) in [5.74, 6) is -0.521. The van der Waals surface area contributed by atoms with E-state index in [4.69, 9.17) is 15.2 Å². The van der Waals surface area contributed by atoms with Crippen molar-refractivity contribution in [1.29, 1.82) is 0 Å². The van der Waals surface area contributed by atoms with E-state index in [1.54, 1.807) is 19.4 Å². The predicted molar refractivity (Wildman–Crippen MR) is 75.8 cm³/mol. The van der Waals surface area contributed by atoms with Crippen LogP contribution in [0.4, 0.5) is 5.69 Å². The third-order valence-corrected chi connectivity index (χ3v) is 3.20. The molecule has 0 unspecified atom stereocenters. The molecule has 2 heterocycles. The molecule has 0 bridgehead atoms. The standard InChI is InChI=1S/C14H21N3O3/c1-14(2)9-17(7-11(20-14)8-19-3)10-4-5-16-12(6-10)13(15)18/h4-6,11H,7-9H2,1-3H3,(H2,15,18)/t11-/m0/s1. The second-order valence-electron chi connectivity index (χ2n) is 5.60. The third-order valence-electron chi connectivity index (χ3n) is 3.20. The molecule has 2 rings (SSSR count). The zero-order valence-corrected chi connectivity index (χ0v) is 12.1. The molecule has 2 N–H and O–H groups in total. The molecule has 0 radical (unpaired) electrons. The van der Waals surface area contributed by atoms with Crippen LogP contribution in [0.1, 0.15) is 24.3 Å². The van der Waals surface area contributed by atoms with Crippen molar-refractivity contribution in [3.05, 3.63) is 24.0 Å². The normalized spacial score (nSPS) is 21.8. The Morgan fingerprint density at radius 2 is 2.40 bits per heavy atom. The maximum Gasteiger partial charge on any atom is 0.267 e. The van der Waals surface area contributed by atoms with Crippen LogP contribution >= 0.6 is 0 Å². The summed E-state index contributed by atoms with van der Waals surface area (Å²) in [7, 11) is 1.66. The first kappa shape index (κ1) is 14.7. The quantitative estimate of drug-likeness (QED) is 0.882. The highest BCUT2D eigenvalue weighted by Crippen LogP contribution is 2.26. The van der Waals surface area contributed by atoms with Gasteiger partial charge in [-0.15, -0.1) is 0 Å². The van der Waals surface area contributed by atoms with Gasteiger partial charge in [0.2, 0.25) is 0 Å². The number of hydrogen-bond donors (Lipinski definition) is 1. The van der Waals surface area contributed by atoms with Gasteiger partial charge >= 0.3 is 0 Å². The zero-order valence-electron chi connectivity index (χ0n) is 12.1. The van der Waals surface area contributed by atoms with Crippen molar-refractivity contribution < 1.29 is 14.3 Å². The number of ether oxygens (including phenoxy) is 2. The Hall–Kier alpha value is -1.66. The molecule has 110 valence electrons. The first-order chi connectivity index (χ1) is 9.41. The fraction of sp³-hybridized carbons (Fsp3) is 0.571. The summed E-state index contributed by atoms with van der Waals surface area (Å²) in [4.78, 5) is 17.4. The zero-order chi connectivity index (χ0) is 14.8. The first-order valence-corrected chi connectivity index (χ1v) is 6.59. The van der Waals surface area contributed by atoms with Gasteiger partial charge in [0.25, 0.3) is 5.91 Å². The number of methoxy groups -OCH3 is 1. The van der Waals surface area contributed by atoms with Crippen LogP contribution in [0.5, 0.6) is 0 Å². The second kappa shape index (κ2) is 5.76. The van der Waals surface area contributed by atoms with Crippen LogP contribution in [0.2, 0.25) is 0 Å². The smallest absolute Gasteiger partial charge is 0.267 e. The summed E-state index contributed by atoms with van der Waals surface area (Å²) in [6, 6.07) is 3.59. The first-order valence-electron chi connectivity index (χ1n) is 6.59. The number of pyridine rings is 1. The van der Waals surface area contributed by atoms with Crippen molar-refractivity contribution >= 4 is 11.6 Å². The van der Waals surface area contributed by atoms with Gasteiger partial charge in [0.15, 0.2) is 0 Å². The number of carbonyl (C=O) groups is 1. The van der Waals surface area contributed by atoms with Gasteiger partial charge in [-0.1, -0.05) is 0 Å². The minimum Gasteiger partial charge on any atom is -0.382 e. The molecule has 1 fully saturated rings. The minimum atomic E-state index is -0.521. The number of nitrogens with two attached hydrogens (primary N) is 1. The van der Waals surface area contributed by atoms with Crippen molar-refractivity contribution in [1.82, 2.24) is 4.98 Å². The molecule has 20 heavy (non-hydrogen) atoms. The summed E-state index contributed by atoms with van der Waals surface area (Å²) < 4.78 is 11.2. The summed E-state index contributed by atoms with van der Waals surface area (Å²) in [5, 5.41) is 0. The van der Waals surface area contributed by atoms with Gasteiger partial charge in [0.1, 0.15) is 5.69 Å². The molecule has 0 aliphatic carbocycles. The minimum absolute atomic E-state index is 0.00561. The van der Waals surface area contributed by atoms with E-state index >= 15 is 0 Å². The average molecular weight is 279 g/mol. The number of amides is 1. The van der Waals surface area contributed by atoms with Gasteiger partial charge in [-0.25, -0.2) is 0 Å². The van der Waals surface area contributed by atoms with Crippen LogP contribution < -0.4 is 10.6 Å². The fourth-order valence-corrected chi connectivity index (χ4v) is 2.52. The van der Waals surface area contributed by atoms with Crippen LogP contribution in [0.15, 0.2) is 18.3 Å². The van der Waals surface area contributed by atoms with Crippen molar-refractivity contribution in [3.63, 3.8) is 0 Å². The molecule has 1 aromatic rings. The van der Waals surface area contributed by atoms with E-state index in [2.05, 4.69) is 9.88 Å². The number of rotatable bonds is 4. The topological polar surface area (TPSA) is 77.7 Å². The molecule has 1 aromatic heterocycles. The highest BCUT2D eigenvalue weighted by molar-refractivity contribution is 5.91. The fourth-order valence-electron chi connectivity index (χ4n) is 2.52. The highest BCUT2D eigenvalue weighted by Gasteiger charge is 2.33. The van der Waals surface area contributed by atoms with Crippen molar-refractivity contribution in [2.75, 3.05) is 31.7 Å². The monoisotopic (exact) mass is 279 g/mol. The Balaban J connectivity index is 2.22. The van der Waals surface area contributed by atoms with Gasteiger partial charge in [-0.05, 0) is 26.0 Å². The SMILES string of the molecule is COC[C@@H]1CN(c2ccnc(C(N)=O)c2)CC(C)(C)O1. The summed E-state index contributed by atoms with van der Waals surface area (Å²) in [6.07, 6.45) is 1.59. The van der Waals surface area contributed by atoms with E-state index in [0.29, 0.717) is 13.2 Å². The van der Waals surface area contributed by atoms with Gasteiger partial charge < -0.3 is 20.1 Å². The van der Waals surface area contributed by atoms with Crippen LogP contribution in [-0.4, -0.2) is 49.4 Å². The molecular formula is C14H21N3O3. The molecular weight excluding hydrogens is 258 g/mol. The van der Waals surface area contributed by atoms with Gasteiger partial charge in [-0.3, -0.25) is 9.78 Å². The lowest BCUT2D eigenvalue weighted by Crippen LogP contribution is -2.54. The maximum absolute atomic E-state index is 11.2. The Morgan fingerprint density at radius 3 is 3.05 bits per heavy atom. The van der Waals surface area contributed by atoms with Gasteiger partial charge in [0.05, 0.1) is 18.3 Å². The summed E-state index contributed by atoms with van der Waals surface area (Å²) >= 11 is 0. The highest BCUT2D eigenvalue weighted by atomic mass is 16.5. The van der Waals surface area contributed by atoms with Crippen molar-refractivity contribution in [2.45, 2.75) is 25.6 Å². The largest absolute Gasteiger partial charge is 0.382 e. The lowest BCUT2D eigenvalue weighted by Gasteiger charge is -2.43. The maximum atomic E-state index is 11.2.